The van der Waals surface area contributed by atoms with Crippen LogP contribution in [-0.4, -0.2) is 5.54 Å². The third-order valence-electron chi connectivity index (χ3n) is 2.99. The molecule has 0 saturated carbocycles. The second-order valence-corrected chi connectivity index (χ2v) is 4.58. The molecule has 15 heavy (non-hydrogen) atoms. The number of anilines is 2. The van der Waals surface area contributed by atoms with Crippen LogP contribution in [0.2, 0.25) is 0 Å². The van der Waals surface area contributed by atoms with E-state index in [0.29, 0.717) is 5.69 Å². The number of benzene rings is 1. The predicted octanol–water partition coefficient (Wildman–Crippen LogP) is 2.95. The minimum atomic E-state index is -0.316. The van der Waals surface area contributed by atoms with Gasteiger partial charge in [0.25, 0.3) is 0 Å². The van der Waals surface area contributed by atoms with Crippen LogP contribution in [0.25, 0.3) is 0 Å². The molecule has 0 aromatic heterocycles. The average Bonchev–Trinajstić information content (AvgIpc) is 2.50. The lowest BCUT2D eigenvalue weighted by Gasteiger charge is -2.33. The van der Waals surface area contributed by atoms with Crippen LogP contribution in [0.1, 0.15) is 26.7 Å². The highest BCUT2D eigenvalue weighted by Crippen LogP contribution is 2.38. The van der Waals surface area contributed by atoms with E-state index in [2.05, 4.69) is 13.8 Å². The first-order chi connectivity index (χ1) is 7.02. The first kappa shape index (κ1) is 10.3. The molecule has 2 nitrogen and oxygen atoms in total. The fourth-order valence-electron chi connectivity index (χ4n) is 2.06. The second kappa shape index (κ2) is 3.40. The SMILES string of the molecule is CC1(C)CC[CH]N1c1cccc(N)c1F. The Bertz CT molecular complexity index is 374. The highest BCUT2D eigenvalue weighted by Gasteiger charge is 2.33. The molecular formula is C12H16FN2. The first-order valence-electron chi connectivity index (χ1n) is 5.19. The van der Waals surface area contributed by atoms with E-state index < -0.39 is 0 Å². The van der Waals surface area contributed by atoms with Gasteiger partial charge >= 0.3 is 0 Å². The van der Waals surface area contributed by atoms with Gasteiger partial charge in [0.1, 0.15) is 0 Å². The lowest BCUT2D eigenvalue weighted by molar-refractivity contribution is 0.511. The van der Waals surface area contributed by atoms with Crippen LogP contribution < -0.4 is 10.6 Å². The quantitative estimate of drug-likeness (QED) is 0.717. The number of nitrogen functional groups attached to an aromatic ring is 1. The summed E-state index contributed by atoms with van der Waals surface area (Å²) in [5.74, 6) is -0.316. The van der Waals surface area contributed by atoms with E-state index in [1.807, 2.05) is 11.4 Å². The van der Waals surface area contributed by atoms with Gasteiger partial charge in [-0.2, -0.15) is 0 Å². The highest BCUT2D eigenvalue weighted by molar-refractivity contribution is 5.60. The van der Waals surface area contributed by atoms with Gasteiger partial charge in [-0.25, -0.2) is 4.39 Å². The van der Waals surface area contributed by atoms with Crippen molar-refractivity contribution in [2.24, 2.45) is 0 Å². The van der Waals surface area contributed by atoms with E-state index in [-0.39, 0.29) is 17.0 Å². The van der Waals surface area contributed by atoms with Gasteiger partial charge < -0.3 is 10.6 Å². The molecule has 3 heteroatoms. The van der Waals surface area contributed by atoms with Crippen LogP contribution in [0.4, 0.5) is 15.8 Å². The van der Waals surface area contributed by atoms with Gasteiger partial charge in [0, 0.05) is 5.54 Å². The second-order valence-electron chi connectivity index (χ2n) is 4.58. The summed E-state index contributed by atoms with van der Waals surface area (Å²) < 4.78 is 13.8. The highest BCUT2D eigenvalue weighted by atomic mass is 19.1. The lowest BCUT2D eigenvalue weighted by Crippen LogP contribution is -2.36. The van der Waals surface area contributed by atoms with Crippen molar-refractivity contribution in [1.29, 1.82) is 0 Å². The molecule has 1 fully saturated rings. The van der Waals surface area contributed by atoms with Crippen molar-refractivity contribution in [2.75, 3.05) is 10.6 Å². The molecule has 0 bridgehead atoms. The van der Waals surface area contributed by atoms with E-state index in [1.165, 1.54) is 0 Å². The van der Waals surface area contributed by atoms with Crippen LogP contribution in [0.3, 0.4) is 0 Å². The number of hydrogen-bond acceptors (Lipinski definition) is 2. The standard InChI is InChI=1S/C12H16FN2/c1-12(2)7-4-8-15(12)10-6-3-5-9(14)11(10)13/h3,5-6,8H,4,7,14H2,1-2H3. The zero-order valence-corrected chi connectivity index (χ0v) is 9.13. The molecular weight excluding hydrogens is 191 g/mol. The van der Waals surface area contributed by atoms with Crippen molar-refractivity contribution in [3.8, 4) is 0 Å². The van der Waals surface area contributed by atoms with E-state index in [0.717, 1.165) is 12.8 Å². The molecule has 1 aromatic rings. The molecule has 2 rings (SSSR count). The molecule has 1 aliphatic heterocycles. The van der Waals surface area contributed by atoms with Crippen LogP contribution in [0.5, 0.6) is 0 Å². The summed E-state index contributed by atoms with van der Waals surface area (Å²) in [6.45, 7) is 6.26. The van der Waals surface area contributed by atoms with E-state index in [4.69, 9.17) is 5.73 Å². The summed E-state index contributed by atoms with van der Waals surface area (Å²) in [5.41, 5.74) is 6.33. The molecule has 1 aromatic carbocycles. The third kappa shape index (κ3) is 1.66. The summed E-state index contributed by atoms with van der Waals surface area (Å²) in [4.78, 5) is 1.98. The minimum absolute atomic E-state index is 0.0192. The number of rotatable bonds is 1. The molecule has 0 spiro atoms. The minimum Gasteiger partial charge on any atom is -0.396 e. The molecule has 0 amide bonds. The maximum atomic E-state index is 13.8. The summed E-state index contributed by atoms with van der Waals surface area (Å²) in [7, 11) is 0. The molecule has 1 aliphatic rings. The number of halogens is 1. The largest absolute Gasteiger partial charge is 0.396 e. The fourth-order valence-corrected chi connectivity index (χ4v) is 2.06. The number of nitrogens with two attached hydrogens (primary N) is 1. The maximum Gasteiger partial charge on any atom is 0.169 e. The van der Waals surface area contributed by atoms with E-state index in [9.17, 15) is 4.39 Å². The molecule has 0 aliphatic carbocycles. The van der Waals surface area contributed by atoms with Gasteiger partial charge in [-0.1, -0.05) is 6.07 Å². The van der Waals surface area contributed by atoms with Crippen molar-refractivity contribution in [1.82, 2.24) is 0 Å². The van der Waals surface area contributed by atoms with Gasteiger partial charge in [0.05, 0.1) is 17.9 Å². The lowest BCUT2D eigenvalue weighted by atomic mass is 10.0. The summed E-state index contributed by atoms with van der Waals surface area (Å²) >= 11 is 0. The summed E-state index contributed by atoms with van der Waals surface area (Å²) in [5, 5.41) is 0. The Morgan fingerprint density at radius 2 is 2.13 bits per heavy atom. The van der Waals surface area contributed by atoms with E-state index >= 15 is 0 Å². The molecule has 1 saturated heterocycles. The zero-order chi connectivity index (χ0) is 11.1. The van der Waals surface area contributed by atoms with E-state index in [1.54, 1.807) is 18.2 Å². The van der Waals surface area contributed by atoms with Crippen molar-refractivity contribution < 1.29 is 4.39 Å². The number of hydrogen-bond donors (Lipinski definition) is 1. The van der Waals surface area contributed by atoms with Crippen molar-refractivity contribution in [3.63, 3.8) is 0 Å². The van der Waals surface area contributed by atoms with Crippen molar-refractivity contribution >= 4 is 11.4 Å². The van der Waals surface area contributed by atoms with Gasteiger partial charge in [-0.15, -0.1) is 0 Å². The Morgan fingerprint density at radius 1 is 1.40 bits per heavy atom. The molecule has 1 radical (unpaired) electrons. The molecule has 81 valence electrons. The maximum absolute atomic E-state index is 13.8. The van der Waals surface area contributed by atoms with Crippen LogP contribution in [0, 0.1) is 12.4 Å². The smallest absolute Gasteiger partial charge is 0.169 e. The fraction of sp³-hybridized carbons (Fsp3) is 0.417. The van der Waals surface area contributed by atoms with Crippen molar-refractivity contribution in [3.05, 3.63) is 30.6 Å². The van der Waals surface area contributed by atoms with Gasteiger partial charge in [0.2, 0.25) is 0 Å². The van der Waals surface area contributed by atoms with Crippen LogP contribution in [-0.2, 0) is 0 Å². The Kier molecular flexibility index (Phi) is 2.33. The molecule has 2 N–H and O–H groups in total. The van der Waals surface area contributed by atoms with Gasteiger partial charge in [0.15, 0.2) is 5.82 Å². The first-order valence-corrected chi connectivity index (χ1v) is 5.19. The van der Waals surface area contributed by atoms with Crippen LogP contribution in [0.15, 0.2) is 18.2 Å². The molecule has 0 unspecified atom stereocenters. The molecule has 1 heterocycles. The van der Waals surface area contributed by atoms with Crippen LogP contribution >= 0.6 is 0 Å². The van der Waals surface area contributed by atoms with Gasteiger partial charge in [-0.05, 0) is 38.8 Å². The Hall–Kier alpha value is -1.25. The van der Waals surface area contributed by atoms with Crippen molar-refractivity contribution in [2.45, 2.75) is 32.2 Å². The third-order valence-corrected chi connectivity index (χ3v) is 2.99. The normalized spacial score (nSPS) is 19.5. The molecule has 0 atom stereocenters. The monoisotopic (exact) mass is 207 g/mol. The van der Waals surface area contributed by atoms with Gasteiger partial charge in [-0.3, -0.25) is 0 Å². The summed E-state index contributed by atoms with van der Waals surface area (Å²) in [6.07, 6.45) is 2.03. The zero-order valence-electron chi connectivity index (χ0n) is 9.13. The Labute approximate surface area is 89.9 Å². The predicted molar refractivity (Wildman–Crippen MR) is 60.9 cm³/mol. The number of nitrogens with zero attached hydrogens (tertiary/aromatic N) is 1. The Morgan fingerprint density at radius 3 is 2.73 bits per heavy atom. The summed E-state index contributed by atoms with van der Waals surface area (Å²) in [6, 6.07) is 5.15. The topological polar surface area (TPSA) is 29.3 Å². The average molecular weight is 207 g/mol. The Balaban J connectivity index is 2.41.